The summed E-state index contributed by atoms with van der Waals surface area (Å²) in [7, 11) is 0. The topological polar surface area (TPSA) is 56.0 Å². The average molecular weight is 246 g/mol. The molecule has 3 heteroatoms. The van der Waals surface area contributed by atoms with Crippen LogP contribution in [-0.2, 0) is 6.54 Å². The number of nitrogens with one attached hydrogen (secondary N) is 1. The van der Waals surface area contributed by atoms with Gasteiger partial charge in [0.15, 0.2) is 0 Å². The molecular weight excluding hydrogens is 224 g/mol. The van der Waals surface area contributed by atoms with Crippen LogP contribution >= 0.6 is 0 Å². The van der Waals surface area contributed by atoms with Crippen LogP contribution in [0.25, 0.3) is 0 Å². The number of rotatable bonds is 5. The molecule has 0 aromatic heterocycles. The van der Waals surface area contributed by atoms with Gasteiger partial charge in [-0.1, -0.05) is 32.9 Å². The van der Waals surface area contributed by atoms with Gasteiger partial charge in [0.1, 0.15) is 0 Å². The van der Waals surface area contributed by atoms with Crippen LogP contribution in [0.15, 0.2) is 24.3 Å². The lowest BCUT2D eigenvalue weighted by Crippen LogP contribution is -2.35. The predicted octanol–water partition coefficient (Wildman–Crippen LogP) is 2.44. The van der Waals surface area contributed by atoms with Gasteiger partial charge in [0.05, 0.1) is 18.2 Å². The van der Waals surface area contributed by atoms with Crippen LogP contribution in [0.4, 0.5) is 0 Å². The summed E-state index contributed by atoms with van der Waals surface area (Å²) < 4.78 is 0. The zero-order valence-corrected chi connectivity index (χ0v) is 11.4. The van der Waals surface area contributed by atoms with E-state index in [2.05, 4.69) is 32.2 Å². The van der Waals surface area contributed by atoms with Gasteiger partial charge in [-0.25, -0.2) is 0 Å². The molecule has 0 spiro atoms. The Hall–Kier alpha value is -1.37. The molecule has 0 fully saturated rings. The molecule has 0 aliphatic heterocycles. The van der Waals surface area contributed by atoms with Gasteiger partial charge < -0.3 is 10.4 Å². The summed E-state index contributed by atoms with van der Waals surface area (Å²) in [5.41, 5.74) is 2.00. The quantitative estimate of drug-likeness (QED) is 0.839. The minimum Gasteiger partial charge on any atom is -0.395 e. The average Bonchev–Trinajstić information content (AvgIpc) is 2.33. The zero-order valence-electron chi connectivity index (χ0n) is 11.4. The maximum atomic E-state index is 9.34. The fraction of sp³-hybridized carbons (Fsp3) is 0.533. The molecule has 0 aliphatic rings. The molecule has 1 aromatic rings. The summed E-state index contributed by atoms with van der Waals surface area (Å²) in [5, 5.41) is 21.4. The van der Waals surface area contributed by atoms with Crippen LogP contribution in [0.3, 0.4) is 0 Å². The molecule has 0 saturated carbocycles. The number of benzene rings is 1. The normalized spacial score (nSPS) is 13.1. The number of nitrogens with zero attached hydrogens (tertiary/aromatic N) is 1. The molecule has 0 saturated heterocycles. The second-order valence-electron chi connectivity index (χ2n) is 5.83. The smallest absolute Gasteiger partial charge is 0.0991 e. The van der Waals surface area contributed by atoms with Crippen molar-refractivity contribution in [1.82, 2.24) is 5.32 Å². The molecule has 18 heavy (non-hydrogen) atoms. The molecule has 1 atom stereocenters. The predicted molar refractivity (Wildman–Crippen MR) is 72.9 cm³/mol. The first kappa shape index (κ1) is 14.7. The third-order valence-electron chi connectivity index (χ3n) is 2.76. The molecular formula is C15H22N2O. The van der Waals surface area contributed by atoms with E-state index in [1.54, 1.807) is 0 Å². The molecule has 0 aliphatic carbocycles. The SMILES string of the molecule is CC(C)(C)CC(CO)NCc1ccc(C#N)cc1. The van der Waals surface area contributed by atoms with E-state index in [9.17, 15) is 5.11 Å². The fourth-order valence-electron chi connectivity index (χ4n) is 1.90. The highest BCUT2D eigenvalue weighted by Crippen LogP contribution is 2.20. The van der Waals surface area contributed by atoms with E-state index in [4.69, 9.17) is 5.26 Å². The fourth-order valence-corrected chi connectivity index (χ4v) is 1.90. The molecule has 1 rings (SSSR count). The number of nitriles is 1. The van der Waals surface area contributed by atoms with Gasteiger partial charge in [-0.2, -0.15) is 5.26 Å². The zero-order chi connectivity index (χ0) is 13.6. The molecule has 0 radical (unpaired) electrons. The van der Waals surface area contributed by atoms with E-state index < -0.39 is 0 Å². The Bertz CT molecular complexity index is 398. The van der Waals surface area contributed by atoms with E-state index in [-0.39, 0.29) is 18.1 Å². The maximum Gasteiger partial charge on any atom is 0.0991 e. The molecule has 2 N–H and O–H groups in total. The van der Waals surface area contributed by atoms with Crippen molar-refractivity contribution in [3.63, 3.8) is 0 Å². The molecule has 3 nitrogen and oxygen atoms in total. The Balaban J connectivity index is 2.49. The van der Waals surface area contributed by atoms with Crippen molar-refractivity contribution >= 4 is 0 Å². The molecule has 0 amide bonds. The van der Waals surface area contributed by atoms with Crippen molar-refractivity contribution in [1.29, 1.82) is 5.26 Å². The molecule has 1 aromatic carbocycles. The second-order valence-corrected chi connectivity index (χ2v) is 5.83. The van der Waals surface area contributed by atoms with E-state index in [1.165, 1.54) is 0 Å². The number of hydrogen-bond donors (Lipinski definition) is 2. The van der Waals surface area contributed by atoms with Gasteiger partial charge in [-0.15, -0.1) is 0 Å². The van der Waals surface area contributed by atoms with Gasteiger partial charge in [-0.05, 0) is 29.5 Å². The van der Waals surface area contributed by atoms with Crippen molar-refractivity contribution < 1.29 is 5.11 Å². The van der Waals surface area contributed by atoms with E-state index in [1.807, 2.05) is 24.3 Å². The van der Waals surface area contributed by atoms with Crippen LogP contribution in [0.2, 0.25) is 0 Å². The lowest BCUT2D eigenvalue weighted by Gasteiger charge is -2.25. The van der Waals surface area contributed by atoms with Crippen LogP contribution < -0.4 is 5.32 Å². The number of aliphatic hydroxyl groups is 1. The summed E-state index contributed by atoms with van der Waals surface area (Å²) in [5.74, 6) is 0. The molecule has 98 valence electrons. The summed E-state index contributed by atoms with van der Waals surface area (Å²) in [4.78, 5) is 0. The highest BCUT2D eigenvalue weighted by Gasteiger charge is 2.17. The Morgan fingerprint density at radius 3 is 2.33 bits per heavy atom. The van der Waals surface area contributed by atoms with Crippen molar-refractivity contribution in [3.05, 3.63) is 35.4 Å². The van der Waals surface area contributed by atoms with Gasteiger partial charge in [0.25, 0.3) is 0 Å². The lowest BCUT2D eigenvalue weighted by atomic mass is 9.88. The Labute approximate surface area is 109 Å². The number of aliphatic hydroxyl groups excluding tert-OH is 1. The summed E-state index contributed by atoms with van der Waals surface area (Å²) in [6.45, 7) is 7.36. The monoisotopic (exact) mass is 246 g/mol. The highest BCUT2D eigenvalue weighted by molar-refractivity contribution is 5.31. The maximum absolute atomic E-state index is 9.34. The van der Waals surface area contributed by atoms with E-state index >= 15 is 0 Å². The largest absolute Gasteiger partial charge is 0.395 e. The Morgan fingerprint density at radius 2 is 1.89 bits per heavy atom. The van der Waals surface area contributed by atoms with E-state index in [0.717, 1.165) is 12.0 Å². The lowest BCUT2D eigenvalue weighted by molar-refractivity contribution is 0.198. The van der Waals surface area contributed by atoms with Crippen LogP contribution in [0, 0.1) is 16.7 Å². The first-order valence-electron chi connectivity index (χ1n) is 6.28. The van der Waals surface area contributed by atoms with Crippen molar-refractivity contribution in [2.75, 3.05) is 6.61 Å². The summed E-state index contributed by atoms with van der Waals surface area (Å²) >= 11 is 0. The second kappa shape index (κ2) is 6.53. The molecule has 0 heterocycles. The number of hydrogen-bond acceptors (Lipinski definition) is 3. The van der Waals surface area contributed by atoms with Crippen molar-refractivity contribution in [2.24, 2.45) is 5.41 Å². The van der Waals surface area contributed by atoms with Gasteiger partial charge >= 0.3 is 0 Å². The summed E-state index contributed by atoms with van der Waals surface area (Å²) in [6, 6.07) is 9.72. The molecule has 1 unspecified atom stereocenters. The van der Waals surface area contributed by atoms with Gasteiger partial charge in [-0.3, -0.25) is 0 Å². The Morgan fingerprint density at radius 1 is 1.28 bits per heavy atom. The van der Waals surface area contributed by atoms with Crippen LogP contribution in [0.5, 0.6) is 0 Å². The standard InChI is InChI=1S/C15H22N2O/c1-15(2,3)8-14(11-18)17-10-13-6-4-12(9-16)5-7-13/h4-7,14,17-18H,8,10-11H2,1-3H3. The van der Waals surface area contributed by atoms with Crippen LogP contribution in [0.1, 0.15) is 38.3 Å². The third kappa shape index (κ3) is 5.31. The molecule has 0 bridgehead atoms. The van der Waals surface area contributed by atoms with Crippen molar-refractivity contribution in [3.8, 4) is 6.07 Å². The first-order chi connectivity index (χ1) is 8.44. The minimum absolute atomic E-state index is 0.112. The summed E-state index contributed by atoms with van der Waals surface area (Å²) in [6.07, 6.45) is 0.930. The van der Waals surface area contributed by atoms with E-state index in [0.29, 0.717) is 12.1 Å². The van der Waals surface area contributed by atoms with Crippen molar-refractivity contribution in [2.45, 2.75) is 39.8 Å². The van der Waals surface area contributed by atoms with Gasteiger partial charge in [0.2, 0.25) is 0 Å². The highest BCUT2D eigenvalue weighted by atomic mass is 16.3. The third-order valence-corrected chi connectivity index (χ3v) is 2.76. The van der Waals surface area contributed by atoms with Gasteiger partial charge in [0, 0.05) is 12.6 Å². The minimum atomic E-state index is 0.112. The Kier molecular flexibility index (Phi) is 5.33. The first-order valence-corrected chi connectivity index (χ1v) is 6.28. The van der Waals surface area contributed by atoms with Crippen LogP contribution in [-0.4, -0.2) is 17.8 Å².